The first kappa shape index (κ1) is 19.1. The van der Waals surface area contributed by atoms with E-state index in [1.807, 2.05) is 32.1 Å². The summed E-state index contributed by atoms with van der Waals surface area (Å²) >= 11 is 0. The number of hydrogen-bond acceptors (Lipinski definition) is 5. The van der Waals surface area contributed by atoms with Crippen molar-refractivity contribution in [3.8, 4) is 23.0 Å². The normalized spacial score (nSPS) is 9.96. The minimum Gasteiger partial charge on any atom is -0.504 e. The van der Waals surface area contributed by atoms with E-state index in [9.17, 15) is 15.0 Å². The molecule has 5 nitrogen and oxygen atoms in total. The van der Waals surface area contributed by atoms with E-state index in [1.165, 1.54) is 25.3 Å². The number of carbonyl (C=O) groups excluding carboxylic acids is 1. The first-order chi connectivity index (χ1) is 11.5. The van der Waals surface area contributed by atoms with Crippen molar-refractivity contribution in [1.82, 2.24) is 0 Å². The molecule has 0 fully saturated rings. The van der Waals surface area contributed by atoms with Crippen LogP contribution in [0.1, 0.15) is 29.8 Å². The molecule has 2 aromatic carbocycles. The monoisotopic (exact) mass is 330 g/mol. The Morgan fingerprint density at radius 3 is 2.12 bits per heavy atom. The van der Waals surface area contributed by atoms with Gasteiger partial charge in [0.25, 0.3) is 0 Å². The van der Waals surface area contributed by atoms with Crippen LogP contribution in [0.25, 0.3) is 6.08 Å². The number of hydrogen-bond donors (Lipinski definition) is 2. The highest BCUT2D eigenvalue weighted by Gasteiger charge is 2.01. The van der Waals surface area contributed by atoms with Gasteiger partial charge in [-0.25, -0.2) is 0 Å². The van der Waals surface area contributed by atoms with Crippen molar-refractivity contribution in [3.63, 3.8) is 0 Å². The van der Waals surface area contributed by atoms with E-state index in [0.717, 1.165) is 5.56 Å². The van der Waals surface area contributed by atoms with Crippen molar-refractivity contribution in [3.05, 3.63) is 53.6 Å². The van der Waals surface area contributed by atoms with Crippen LogP contribution in [0.5, 0.6) is 23.0 Å². The predicted octanol–water partition coefficient (Wildman–Crippen LogP) is 4.04. The summed E-state index contributed by atoms with van der Waals surface area (Å²) in [6, 6.07) is 9.72. The summed E-state index contributed by atoms with van der Waals surface area (Å²) in [7, 11) is 1.54. The summed E-state index contributed by atoms with van der Waals surface area (Å²) in [4.78, 5) is 10.3. The molecule has 2 aromatic rings. The zero-order valence-electron chi connectivity index (χ0n) is 14.0. The summed E-state index contributed by atoms with van der Waals surface area (Å²) < 4.78 is 10.0. The zero-order chi connectivity index (χ0) is 17.9. The summed E-state index contributed by atoms with van der Waals surface area (Å²) in [5.41, 5.74) is 1.52. The molecule has 5 heteroatoms. The third kappa shape index (κ3) is 5.68. The molecule has 2 N–H and O–H groups in total. The Balaban J connectivity index is 0.000000240. The Morgan fingerprint density at radius 2 is 1.58 bits per heavy atom. The van der Waals surface area contributed by atoms with Crippen LogP contribution < -0.4 is 9.47 Å². The van der Waals surface area contributed by atoms with Crippen LogP contribution in [0.4, 0.5) is 0 Å². The molecule has 24 heavy (non-hydrogen) atoms. The van der Waals surface area contributed by atoms with Gasteiger partial charge >= 0.3 is 0 Å². The van der Waals surface area contributed by atoms with Gasteiger partial charge in [-0.05, 0) is 49.7 Å². The number of aldehydes is 1. The largest absolute Gasteiger partial charge is 0.504 e. The standard InChI is InChI=1S/C10H12O2.C9H10O3/c1-3-4-8-5-6-9(11)10(7-8)12-2;1-2-12-9-5-7(6-10)3-4-8(9)11/h3-7,11H,1-2H3;3-6,11H,2H2,1H3/b4-3+;. The molecule has 0 aliphatic rings. The minimum atomic E-state index is 0.0578. The number of phenols is 2. The van der Waals surface area contributed by atoms with Gasteiger partial charge in [0.15, 0.2) is 23.0 Å². The van der Waals surface area contributed by atoms with Crippen LogP contribution in [0, 0.1) is 0 Å². The second-order valence-electron chi connectivity index (χ2n) is 4.71. The van der Waals surface area contributed by atoms with Crippen molar-refractivity contribution in [2.75, 3.05) is 13.7 Å². The number of phenolic OH excluding ortho intramolecular Hbond substituents is 2. The molecule has 0 unspecified atom stereocenters. The Labute approximate surface area is 141 Å². The lowest BCUT2D eigenvalue weighted by Crippen LogP contribution is -1.92. The highest BCUT2D eigenvalue weighted by Crippen LogP contribution is 2.27. The summed E-state index contributed by atoms with van der Waals surface area (Å²) in [6.07, 6.45) is 4.59. The third-order valence-electron chi connectivity index (χ3n) is 2.98. The molecule has 0 aliphatic heterocycles. The lowest BCUT2D eigenvalue weighted by Gasteiger charge is -2.04. The molecule has 0 atom stereocenters. The molecule has 0 spiro atoms. The van der Waals surface area contributed by atoms with Crippen molar-refractivity contribution in [2.45, 2.75) is 13.8 Å². The number of methoxy groups -OCH3 is 1. The number of carbonyl (C=O) groups is 1. The molecule has 0 amide bonds. The van der Waals surface area contributed by atoms with E-state index in [2.05, 4.69) is 0 Å². The molecule has 0 heterocycles. The van der Waals surface area contributed by atoms with E-state index in [1.54, 1.807) is 12.1 Å². The molecule has 0 bridgehead atoms. The van der Waals surface area contributed by atoms with Crippen LogP contribution in [0.3, 0.4) is 0 Å². The maximum Gasteiger partial charge on any atom is 0.161 e. The predicted molar refractivity (Wildman–Crippen MR) is 94.0 cm³/mol. The fraction of sp³-hybridized carbons (Fsp3) is 0.211. The minimum absolute atomic E-state index is 0.0578. The van der Waals surface area contributed by atoms with Crippen molar-refractivity contribution in [2.24, 2.45) is 0 Å². The van der Waals surface area contributed by atoms with E-state index in [0.29, 0.717) is 30.0 Å². The molecule has 0 aromatic heterocycles. The van der Waals surface area contributed by atoms with Gasteiger partial charge in [-0.15, -0.1) is 0 Å². The van der Waals surface area contributed by atoms with Gasteiger partial charge in [0.1, 0.15) is 6.29 Å². The molecule has 0 saturated carbocycles. The topological polar surface area (TPSA) is 76.0 Å². The van der Waals surface area contributed by atoms with Gasteiger partial charge in [0.2, 0.25) is 0 Å². The Kier molecular flexibility index (Phi) is 7.91. The van der Waals surface area contributed by atoms with E-state index >= 15 is 0 Å². The Hall–Kier alpha value is -2.95. The van der Waals surface area contributed by atoms with Crippen molar-refractivity contribution in [1.29, 1.82) is 0 Å². The summed E-state index contributed by atoms with van der Waals surface area (Å²) in [5.74, 6) is 1.08. The van der Waals surface area contributed by atoms with E-state index in [4.69, 9.17) is 9.47 Å². The Bertz CT molecular complexity index is 692. The molecule has 0 saturated heterocycles. The van der Waals surface area contributed by atoms with Gasteiger partial charge in [-0.2, -0.15) is 0 Å². The van der Waals surface area contributed by atoms with Crippen molar-refractivity contribution < 1.29 is 24.5 Å². The number of allylic oxidation sites excluding steroid dienone is 1. The second-order valence-corrected chi connectivity index (χ2v) is 4.71. The van der Waals surface area contributed by atoms with Crippen LogP contribution in [0.2, 0.25) is 0 Å². The SMILES string of the molecule is C/C=C/c1ccc(O)c(OC)c1.CCOc1cc(C=O)ccc1O. The van der Waals surface area contributed by atoms with Gasteiger partial charge in [-0.3, -0.25) is 4.79 Å². The average Bonchev–Trinajstić information content (AvgIpc) is 2.59. The van der Waals surface area contributed by atoms with Gasteiger partial charge < -0.3 is 19.7 Å². The van der Waals surface area contributed by atoms with E-state index in [-0.39, 0.29) is 11.5 Å². The molecule has 0 radical (unpaired) electrons. The maximum absolute atomic E-state index is 10.3. The van der Waals surface area contributed by atoms with Crippen LogP contribution >= 0.6 is 0 Å². The number of rotatable bonds is 5. The van der Waals surface area contributed by atoms with Gasteiger partial charge in [0, 0.05) is 5.56 Å². The molecular weight excluding hydrogens is 308 g/mol. The average molecular weight is 330 g/mol. The smallest absolute Gasteiger partial charge is 0.161 e. The fourth-order valence-corrected chi connectivity index (χ4v) is 1.87. The van der Waals surface area contributed by atoms with Crippen LogP contribution in [0.15, 0.2) is 42.5 Å². The summed E-state index contributed by atoms with van der Waals surface area (Å²) in [5, 5.41) is 18.5. The first-order valence-corrected chi connectivity index (χ1v) is 7.46. The molecular formula is C19H22O5. The van der Waals surface area contributed by atoms with Crippen LogP contribution in [-0.4, -0.2) is 30.2 Å². The zero-order valence-corrected chi connectivity index (χ0v) is 14.0. The lowest BCUT2D eigenvalue weighted by molar-refractivity contribution is 0.112. The Morgan fingerprint density at radius 1 is 1.00 bits per heavy atom. The second kappa shape index (κ2) is 9.94. The van der Waals surface area contributed by atoms with Gasteiger partial charge in [-0.1, -0.05) is 18.2 Å². The highest BCUT2D eigenvalue weighted by atomic mass is 16.5. The quantitative estimate of drug-likeness (QED) is 0.809. The fourth-order valence-electron chi connectivity index (χ4n) is 1.87. The molecule has 0 aliphatic carbocycles. The number of benzene rings is 2. The number of aromatic hydroxyl groups is 2. The maximum atomic E-state index is 10.3. The third-order valence-corrected chi connectivity index (χ3v) is 2.98. The number of ether oxygens (including phenoxy) is 2. The summed E-state index contributed by atoms with van der Waals surface area (Å²) in [6.45, 7) is 4.22. The van der Waals surface area contributed by atoms with Gasteiger partial charge in [0.05, 0.1) is 13.7 Å². The molecule has 2 rings (SSSR count). The van der Waals surface area contributed by atoms with Crippen molar-refractivity contribution >= 4 is 12.4 Å². The van der Waals surface area contributed by atoms with Crippen LogP contribution in [-0.2, 0) is 0 Å². The van der Waals surface area contributed by atoms with E-state index < -0.39 is 0 Å². The molecule has 128 valence electrons. The highest BCUT2D eigenvalue weighted by molar-refractivity contribution is 5.76. The first-order valence-electron chi connectivity index (χ1n) is 7.46. The lowest BCUT2D eigenvalue weighted by atomic mass is 10.2.